The Balaban J connectivity index is 1.82. The summed E-state index contributed by atoms with van der Waals surface area (Å²) in [6.45, 7) is 1.51. The number of amides is 2. The van der Waals surface area contributed by atoms with E-state index in [-0.39, 0.29) is 43.6 Å². The first-order chi connectivity index (χ1) is 19.7. The van der Waals surface area contributed by atoms with Crippen molar-refractivity contribution in [3.63, 3.8) is 0 Å². The minimum atomic E-state index is -4.65. The maximum absolute atomic E-state index is 13.7. The van der Waals surface area contributed by atoms with Gasteiger partial charge < -0.3 is 10.2 Å². The normalized spacial score (nSPS) is 15.2. The summed E-state index contributed by atoms with van der Waals surface area (Å²) in [5, 5.41) is 3.73. The summed E-state index contributed by atoms with van der Waals surface area (Å²) in [6, 6.07) is 8.14. The van der Waals surface area contributed by atoms with E-state index in [4.69, 9.17) is 23.2 Å². The van der Waals surface area contributed by atoms with E-state index in [1.165, 1.54) is 11.0 Å². The molecule has 0 heterocycles. The fourth-order valence-electron chi connectivity index (χ4n) is 5.16. The number of hydrogen-bond donors (Lipinski definition) is 1. The maximum atomic E-state index is 13.7. The molecule has 13 heteroatoms. The van der Waals surface area contributed by atoms with Gasteiger partial charge in [-0.2, -0.15) is 13.2 Å². The van der Waals surface area contributed by atoms with Gasteiger partial charge in [0.2, 0.25) is 21.8 Å². The molecule has 1 N–H and O–H groups in total. The smallest absolute Gasteiger partial charge is 0.352 e. The third-order valence-corrected chi connectivity index (χ3v) is 9.24. The predicted octanol–water partition coefficient (Wildman–Crippen LogP) is 6.81. The molecule has 1 saturated carbocycles. The monoisotopic (exact) mass is 649 g/mol. The number of carbonyl (C=O) groups excluding carboxylic acids is 2. The topological polar surface area (TPSA) is 86.8 Å². The van der Waals surface area contributed by atoms with Crippen molar-refractivity contribution in [3.8, 4) is 0 Å². The van der Waals surface area contributed by atoms with E-state index < -0.39 is 33.7 Å². The van der Waals surface area contributed by atoms with Crippen molar-refractivity contribution in [1.82, 2.24) is 10.2 Å². The summed E-state index contributed by atoms with van der Waals surface area (Å²) in [5.41, 5.74) is -0.667. The Morgan fingerprint density at radius 3 is 2.24 bits per heavy atom. The van der Waals surface area contributed by atoms with Gasteiger partial charge in [0.25, 0.3) is 0 Å². The molecule has 0 saturated heterocycles. The molecule has 3 rings (SSSR count). The number of benzene rings is 2. The Kier molecular flexibility index (Phi) is 12.0. The van der Waals surface area contributed by atoms with Gasteiger partial charge in [-0.15, -0.1) is 0 Å². The van der Waals surface area contributed by atoms with Crippen LogP contribution in [0.25, 0.3) is 0 Å². The molecule has 232 valence electrons. The van der Waals surface area contributed by atoms with Crippen LogP contribution in [-0.4, -0.2) is 50.0 Å². The van der Waals surface area contributed by atoms with Gasteiger partial charge in [0, 0.05) is 41.2 Å². The second kappa shape index (κ2) is 14.8. The van der Waals surface area contributed by atoms with Crippen molar-refractivity contribution in [2.45, 2.75) is 83.1 Å². The molecule has 42 heavy (non-hydrogen) atoms. The zero-order valence-electron chi connectivity index (χ0n) is 23.6. The molecule has 2 aromatic carbocycles. The van der Waals surface area contributed by atoms with E-state index in [0.29, 0.717) is 22.0 Å². The van der Waals surface area contributed by atoms with Crippen LogP contribution in [0.5, 0.6) is 0 Å². The van der Waals surface area contributed by atoms with Gasteiger partial charge in [-0.3, -0.25) is 13.9 Å². The van der Waals surface area contributed by atoms with Crippen LogP contribution in [0, 0.1) is 0 Å². The maximum Gasteiger partial charge on any atom is 0.416 e. The second-order valence-corrected chi connectivity index (χ2v) is 13.2. The molecule has 0 spiro atoms. The van der Waals surface area contributed by atoms with E-state index >= 15 is 0 Å². The number of nitrogens with zero attached hydrogens (tertiary/aromatic N) is 2. The van der Waals surface area contributed by atoms with Crippen LogP contribution in [0.15, 0.2) is 42.5 Å². The van der Waals surface area contributed by atoms with E-state index in [0.717, 1.165) is 60.9 Å². The van der Waals surface area contributed by atoms with Crippen LogP contribution < -0.4 is 9.62 Å². The molecule has 1 aliphatic carbocycles. The van der Waals surface area contributed by atoms with Crippen LogP contribution in [0.1, 0.15) is 69.4 Å². The highest BCUT2D eigenvalue weighted by Gasteiger charge is 2.33. The first-order valence-corrected chi connectivity index (χ1v) is 16.5. The van der Waals surface area contributed by atoms with Gasteiger partial charge in [0.1, 0.15) is 6.04 Å². The zero-order valence-corrected chi connectivity index (χ0v) is 25.9. The lowest BCUT2D eigenvalue weighted by molar-refractivity contribution is -0.141. The van der Waals surface area contributed by atoms with E-state index in [9.17, 15) is 31.2 Å². The van der Waals surface area contributed by atoms with Crippen molar-refractivity contribution < 1.29 is 31.2 Å². The molecule has 2 amide bonds. The summed E-state index contributed by atoms with van der Waals surface area (Å²) < 4.78 is 65.7. The average molecular weight is 651 g/mol. The van der Waals surface area contributed by atoms with E-state index in [2.05, 4.69) is 5.32 Å². The number of sulfonamides is 1. The molecule has 1 aliphatic rings. The molecular weight excluding hydrogens is 614 g/mol. The van der Waals surface area contributed by atoms with Crippen LogP contribution in [0.4, 0.5) is 18.9 Å². The quantitative estimate of drug-likeness (QED) is 0.274. The summed E-state index contributed by atoms with van der Waals surface area (Å²) in [4.78, 5) is 28.5. The lowest BCUT2D eigenvalue weighted by Crippen LogP contribution is -2.51. The van der Waals surface area contributed by atoms with Gasteiger partial charge in [-0.1, -0.05) is 61.5 Å². The van der Waals surface area contributed by atoms with Gasteiger partial charge in [0.15, 0.2) is 0 Å². The highest BCUT2D eigenvalue weighted by molar-refractivity contribution is 7.92. The highest BCUT2D eigenvalue weighted by atomic mass is 35.5. The first-order valence-electron chi connectivity index (χ1n) is 13.9. The lowest BCUT2D eigenvalue weighted by atomic mass is 9.95. The van der Waals surface area contributed by atoms with Gasteiger partial charge >= 0.3 is 6.18 Å². The predicted molar refractivity (Wildman–Crippen MR) is 159 cm³/mol. The SMILES string of the molecule is CCC(C(=O)NC1CCCCC1)N(Cc1c(Cl)cccc1Cl)C(=O)CCCN(c1cccc(C(F)(F)F)c1)S(C)(=O)=O. The molecule has 0 aromatic heterocycles. The molecule has 1 fully saturated rings. The Hall–Kier alpha value is -2.50. The fourth-order valence-corrected chi connectivity index (χ4v) is 6.63. The largest absolute Gasteiger partial charge is 0.416 e. The minimum Gasteiger partial charge on any atom is -0.352 e. The summed E-state index contributed by atoms with van der Waals surface area (Å²) in [5.74, 6) is -0.725. The standard InChI is InChI=1S/C29H36Cl2F3N3O4S/c1-3-26(28(39)35-21-11-5-4-6-12-21)36(19-23-24(30)14-8-15-25(23)31)27(38)16-9-17-37(42(2,40)41)22-13-7-10-20(18-22)29(32,33)34/h7-8,10,13-15,18,21,26H,3-6,9,11-12,16-17,19H2,1-2H3,(H,35,39). The molecule has 0 radical (unpaired) electrons. The number of carbonyl (C=O) groups is 2. The highest BCUT2D eigenvalue weighted by Crippen LogP contribution is 2.33. The van der Waals surface area contributed by atoms with Crippen LogP contribution in [0.3, 0.4) is 0 Å². The molecule has 1 unspecified atom stereocenters. The molecule has 2 aromatic rings. The number of rotatable bonds is 12. The lowest BCUT2D eigenvalue weighted by Gasteiger charge is -2.33. The Labute approximate surface area is 255 Å². The Morgan fingerprint density at radius 1 is 1.05 bits per heavy atom. The number of nitrogens with one attached hydrogen (secondary N) is 1. The van der Waals surface area contributed by atoms with Gasteiger partial charge in [-0.25, -0.2) is 8.42 Å². The summed E-state index contributed by atoms with van der Waals surface area (Å²) >= 11 is 12.8. The van der Waals surface area contributed by atoms with Gasteiger partial charge in [-0.05, 0) is 56.0 Å². The van der Waals surface area contributed by atoms with Crippen LogP contribution in [-0.2, 0) is 32.3 Å². The van der Waals surface area contributed by atoms with E-state index in [1.807, 2.05) is 0 Å². The molecule has 1 atom stereocenters. The molecule has 0 aliphatic heterocycles. The Bertz CT molecular complexity index is 1330. The molecule has 7 nitrogen and oxygen atoms in total. The molecule has 0 bridgehead atoms. The fraction of sp³-hybridized carbons (Fsp3) is 0.517. The summed E-state index contributed by atoms with van der Waals surface area (Å²) in [7, 11) is -3.97. The van der Waals surface area contributed by atoms with Crippen molar-refractivity contribution in [1.29, 1.82) is 0 Å². The van der Waals surface area contributed by atoms with Crippen LogP contribution >= 0.6 is 23.2 Å². The van der Waals surface area contributed by atoms with Crippen molar-refractivity contribution >= 4 is 50.7 Å². The number of halogens is 5. The van der Waals surface area contributed by atoms with E-state index in [1.54, 1.807) is 25.1 Å². The van der Waals surface area contributed by atoms with Crippen molar-refractivity contribution in [3.05, 3.63) is 63.6 Å². The average Bonchev–Trinajstić information content (AvgIpc) is 2.92. The second-order valence-electron chi connectivity index (χ2n) is 10.5. The number of alkyl halides is 3. The third-order valence-electron chi connectivity index (χ3n) is 7.34. The summed E-state index contributed by atoms with van der Waals surface area (Å²) in [6.07, 6.45) is 1.26. The van der Waals surface area contributed by atoms with Gasteiger partial charge in [0.05, 0.1) is 17.5 Å². The minimum absolute atomic E-state index is 0.00438. The number of anilines is 1. The zero-order chi connectivity index (χ0) is 31.1. The van der Waals surface area contributed by atoms with Crippen molar-refractivity contribution in [2.75, 3.05) is 17.1 Å². The van der Waals surface area contributed by atoms with Crippen molar-refractivity contribution in [2.24, 2.45) is 0 Å². The third kappa shape index (κ3) is 9.25. The van der Waals surface area contributed by atoms with Crippen LogP contribution in [0.2, 0.25) is 10.0 Å². The first kappa shape index (κ1) is 34.0. The number of hydrogen-bond acceptors (Lipinski definition) is 4. The Morgan fingerprint density at radius 2 is 1.67 bits per heavy atom. The molecular formula is C29H36Cl2F3N3O4S.